The zero-order chi connectivity index (χ0) is 24.6. The first-order valence-corrected chi connectivity index (χ1v) is 12.0. The molecule has 1 aliphatic carbocycles. The van der Waals surface area contributed by atoms with Gasteiger partial charge in [-0.05, 0) is 72.6 Å². The van der Waals surface area contributed by atoms with Crippen molar-refractivity contribution in [2.24, 2.45) is 0 Å². The van der Waals surface area contributed by atoms with Crippen LogP contribution in [0.25, 0.3) is 0 Å². The number of carbonyl (C=O) groups excluding carboxylic acids is 2. The molecule has 0 unspecified atom stereocenters. The minimum atomic E-state index is -0.171. The van der Waals surface area contributed by atoms with E-state index in [4.69, 9.17) is 9.47 Å². The van der Waals surface area contributed by atoms with Gasteiger partial charge in [0, 0.05) is 5.69 Å². The monoisotopic (exact) mass is 473 g/mol. The van der Waals surface area contributed by atoms with Gasteiger partial charge in [0.2, 0.25) is 5.91 Å². The van der Waals surface area contributed by atoms with Gasteiger partial charge in [-0.1, -0.05) is 48.5 Å². The quantitative estimate of drug-likeness (QED) is 0.428. The Bertz CT molecular complexity index is 1150. The number of ether oxygens (including phenoxy) is 2. The maximum atomic E-state index is 12.6. The number of amides is 1. The Morgan fingerprint density at radius 1 is 0.886 bits per heavy atom. The summed E-state index contributed by atoms with van der Waals surface area (Å²) in [4.78, 5) is 24.8. The van der Waals surface area contributed by atoms with Crippen molar-refractivity contribution in [2.45, 2.75) is 50.5 Å². The standard InChI is InChI=1S/C29H31NO5/c1-34-27-16-21(10-15-26(27)31)17-28(32)30-24-9-5-8-23(19-24)22-11-13-25(14-12-22)35-29(33)18-20-6-3-2-4-7-20/h2-10,15-16,19,22,25,31H,11-14,17-18H2,1H3,(H,30,32)/t22-,25-. The van der Waals surface area contributed by atoms with Crippen molar-refractivity contribution in [3.63, 3.8) is 0 Å². The number of hydrogen-bond acceptors (Lipinski definition) is 5. The second-order valence-corrected chi connectivity index (χ2v) is 8.98. The predicted molar refractivity (Wildman–Crippen MR) is 135 cm³/mol. The van der Waals surface area contributed by atoms with E-state index in [2.05, 4.69) is 11.4 Å². The molecule has 1 saturated carbocycles. The largest absolute Gasteiger partial charge is 0.504 e. The van der Waals surface area contributed by atoms with E-state index in [-0.39, 0.29) is 30.2 Å². The lowest BCUT2D eigenvalue weighted by Crippen LogP contribution is -2.24. The Balaban J connectivity index is 1.27. The lowest BCUT2D eigenvalue weighted by atomic mass is 9.82. The van der Waals surface area contributed by atoms with Crippen molar-refractivity contribution in [3.8, 4) is 11.5 Å². The number of carbonyl (C=O) groups is 2. The number of hydrogen-bond donors (Lipinski definition) is 2. The van der Waals surface area contributed by atoms with Crippen LogP contribution in [0, 0.1) is 0 Å². The van der Waals surface area contributed by atoms with Crippen molar-refractivity contribution < 1.29 is 24.2 Å². The van der Waals surface area contributed by atoms with E-state index in [9.17, 15) is 14.7 Å². The Kier molecular flexibility index (Phi) is 8.03. The van der Waals surface area contributed by atoms with Gasteiger partial charge in [-0.2, -0.15) is 0 Å². The number of esters is 1. The highest BCUT2D eigenvalue weighted by atomic mass is 16.5. The molecule has 0 saturated heterocycles. The van der Waals surface area contributed by atoms with E-state index in [1.165, 1.54) is 18.7 Å². The summed E-state index contributed by atoms with van der Waals surface area (Å²) < 4.78 is 10.8. The molecule has 0 spiro atoms. The first kappa shape index (κ1) is 24.3. The molecule has 3 aromatic rings. The first-order valence-electron chi connectivity index (χ1n) is 12.0. The molecule has 0 aromatic heterocycles. The summed E-state index contributed by atoms with van der Waals surface area (Å²) in [6, 6.07) is 22.5. The normalized spacial score (nSPS) is 17.4. The van der Waals surface area contributed by atoms with E-state index in [0.717, 1.165) is 42.5 Å². The minimum Gasteiger partial charge on any atom is -0.504 e. The summed E-state index contributed by atoms with van der Waals surface area (Å²) in [5.41, 5.74) is 3.67. The van der Waals surface area contributed by atoms with Gasteiger partial charge in [-0.15, -0.1) is 0 Å². The summed E-state index contributed by atoms with van der Waals surface area (Å²) in [6.07, 6.45) is 4.00. The second kappa shape index (κ2) is 11.6. The Morgan fingerprint density at radius 3 is 2.40 bits per heavy atom. The molecule has 1 aliphatic rings. The van der Waals surface area contributed by atoms with Crippen LogP contribution in [0.3, 0.4) is 0 Å². The maximum Gasteiger partial charge on any atom is 0.310 e. The molecule has 0 aliphatic heterocycles. The summed E-state index contributed by atoms with van der Waals surface area (Å²) in [6.45, 7) is 0. The molecule has 1 amide bonds. The van der Waals surface area contributed by atoms with Crippen LogP contribution in [0.5, 0.6) is 11.5 Å². The highest BCUT2D eigenvalue weighted by Crippen LogP contribution is 2.35. The number of phenolic OH excluding ortho intramolecular Hbond substituents is 1. The molecule has 35 heavy (non-hydrogen) atoms. The molecule has 2 N–H and O–H groups in total. The topological polar surface area (TPSA) is 84.9 Å². The Hall–Kier alpha value is -3.80. The average molecular weight is 474 g/mol. The van der Waals surface area contributed by atoms with Crippen LogP contribution in [0.4, 0.5) is 5.69 Å². The summed E-state index contributed by atoms with van der Waals surface area (Å²) in [5, 5.41) is 12.7. The smallest absolute Gasteiger partial charge is 0.310 e. The van der Waals surface area contributed by atoms with E-state index in [1.54, 1.807) is 12.1 Å². The highest BCUT2D eigenvalue weighted by Gasteiger charge is 2.25. The van der Waals surface area contributed by atoms with E-state index in [1.807, 2.05) is 48.5 Å². The number of aromatic hydroxyl groups is 1. The van der Waals surface area contributed by atoms with Crippen molar-refractivity contribution in [3.05, 3.63) is 89.5 Å². The first-order chi connectivity index (χ1) is 17.0. The molecular formula is C29H31NO5. The highest BCUT2D eigenvalue weighted by molar-refractivity contribution is 5.92. The lowest BCUT2D eigenvalue weighted by Gasteiger charge is -2.29. The van der Waals surface area contributed by atoms with Gasteiger partial charge in [0.15, 0.2) is 11.5 Å². The summed E-state index contributed by atoms with van der Waals surface area (Å²) in [7, 11) is 1.48. The van der Waals surface area contributed by atoms with Gasteiger partial charge in [0.1, 0.15) is 6.10 Å². The van der Waals surface area contributed by atoms with Crippen LogP contribution < -0.4 is 10.1 Å². The van der Waals surface area contributed by atoms with Crippen LogP contribution in [0.2, 0.25) is 0 Å². The lowest BCUT2D eigenvalue weighted by molar-refractivity contribution is -0.149. The molecule has 0 radical (unpaired) electrons. The van der Waals surface area contributed by atoms with E-state index in [0.29, 0.717) is 18.1 Å². The second-order valence-electron chi connectivity index (χ2n) is 8.98. The SMILES string of the molecule is COc1cc(CC(=O)Nc2cccc([C@H]3CC[C@H](OC(=O)Cc4ccccc4)CC3)c2)ccc1O. The molecule has 0 atom stereocenters. The van der Waals surface area contributed by atoms with E-state index >= 15 is 0 Å². The maximum absolute atomic E-state index is 12.6. The summed E-state index contributed by atoms with van der Waals surface area (Å²) in [5.74, 6) is 0.459. The number of nitrogens with one attached hydrogen (secondary N) is 1. The number of methoxy groups -OCH3 is 1. The van der Waals surface area contributed by atoms with Gasteiger partial charge in [-0.3, -0.25) is 9.59 Å². The fraction of sp³-hybridized carbons (Fsp3) is 0.310. The fourth-order valence-electron chi connectivity index (χ4n) is 4.60. The molecular weight excluding hydrogens is 442 g/mol. The molecule has 3 aromatic carbocycles. The van der Waals surface area contributed by atoms with Gasteiger partial charge in [-0.25, -0.2) is 0 Å². The minimum absolute atomic E-state index is 0.0346. The van der Waals surface area contributed by atoms with Gasteiger partial charge < -0.3 is 19.9 Å². The predicted octanol–water partition coefficient (Wildman–Crippen LogP) is 5.39. The molecule has 0 bridgehead atoms. The van der Waals surface area contributed by atoms with Crippen molar-refractivity contribution in [2.75, 3.05) is 12.4 Å². The molecule has 1 fully saturated rings. The van der Waals surface area contributed by atoms with Gasteiger partial charge >= 0.3 is 5.97 Å². The van der Waals surface area contributed by atoms with Gasteiger partial charge in [0.05, 0.1) is 20.0 Å². The van der Waals surface area contributed by atoms with Crippen molar-refractivity contribution in [1.82, 2.24) is 0 Å². The van der Waals surface area contributed by atoms with E-state index < -0.39 is 0 Å². The number of rotatable bonds is 8. The average Bonchev–Trinajstić information content (AvgIpc) is 2.86. The molecule has 4 rings (SSSR count). The zero-order valence-corrected chi connectivity index (χ0v) is 19.9. The Morgan fingerprint density at radius 2 is 1.66 bits per heavy atom. The van der Waals surface area contributed by atoms with Crippen molar-refractivity contribution in [1.29, 1.82) is 0 Å². The Labute approximate surface area is 205 Å². The van der Waals surface area contributed by atoms with Crippen molar-refractivity contribution >= 4 is 17.6 Å². The van der Waals surface area contributed by atoms with Crippen LogP contribution in [-0.4, -0.2) is 30.2 Å². The van der Waals surface area contributed by atoms with Crippen LogP contribution in [0.1, 0.15) is 48.3 Å². The number of phenols is 1. The van der Waals surface area contributed by atoms with Crippen LogP contribution >= 0.6 is 0 Å². The third kappa shape index (κ3) is 6.85. The molecule has 6 heteroatoms. The van der Waals surface area contributed by atoms with Gasteiger partial charge in [0.25, 0.3) is 0 Å². The molecule has 6 nitrogen and oxygen atoms in total. The zero-order valence-electron chi connectivity index (χ0n) is 19.9. The third-order valence-corrected chi connectivity index (χ3v) is 6.41. The molecule has 0 heterocycles. The van der Waals surface area contributed by atoms with Crippen LogP contribution in [-0.2, 0) is 27.2 Å². The van der Waals surface area contributed by atoms with Crippen LogP contribution in [0.15, 0.2) is 72.8 Å². The number of benzene rings is 3. The fourth-order valence-corrected chi connectivity index (χ4v) is 4.60. The third-order valence-electron chi connectivity index (χ3n) is 6.41. The summed E-state index contributed by atoms with van der Waals surface area (Å²) >= 11 is 0. The number of anilines is 1. The molecule has 182 valence electrons.